The van der Waals surface area contributed by atoms with Crippen LogP contribution in [0.4, 0.5) is 0 Å². The van der Waals surface area contributed by atoms with Crippen molar-refractivity contribution in [2.45, 2.75) is 89.3 Å². The average molecular weight is 322 g/mol. The molecular weight excluding hydrogens is 288 g/mol. The molecule has 0 saturated heterocycles. The Morgan fingerprint density at radius 2 is 0.957 bits per heavy atom. The lowest BCUT2D eigenvalue weighted by molar-refractivity contribution is 0.104. The zero-order chi connectivity index (χ0) is 16.3. The Kier molecular flexibility index (Phi) is 8.77. The summed E-state index contributed by atoms with van der Waals surface area (Å²) in [5.74, 6) is 0.436. The minimum atomic E-state index is -0.230. The van der Waals surface area contributed by atoms with Crippen molar-refractivity contribution in [1.82, 2.24) is 0 Å². The van der Waals surface area contributed by atoms with E-state index in [-0.39, 0.29) is 24.0 Å². The summed E-state index contributed by atoms with van der Waals surface area (Å²) in [6.07, 6.45) is 20.6. The van der Waals surface area contributed by atoms with E-state index in [4.69, 9.17) is 4.74 Å². The molecule has 0 bridgehead atoms. The minimum absolute atomic E-state index is 0.218. The summed E-state index contributed by atoms with van der Waals surface area (Å²) in [4.78, 5) is 0. The monoisotopic (exact) mass is 322 g/mol. The molecule has 2 rings (SSSR count). The van der Waals surface area contributed by atoms with E-state index in [1.165, 1.54) is 38.5 Å². The Morgan fingerprint density at radius 3 is 1.39 bits per heavy atom. The summed E-state index contributed by atoms with van der Waals surface area (Å²) in [6, 6.07) is 0. The Balaban J connectivity index is 1.75. The van der Waals surface area contributed by atoms with Crippen LogP contribution < -0.4 is 0 Å². The third-order valence-electron chi connectivity index (χ3n) is 5.37. The van der Waals surface area contributed by atoms with Gasteiger partial charge >= 0.3 is 0 Å². The molecular formula is C20H34O3. The number of rotatable bonds is 4. The Morgan fingerprint density at radius 1 is 0.565 bits per heavy atom. The van der Waals surface area contributed by atoms with Gasteiger partial charge in [0.25, 0.3) is 0 Å². The highest BCUT2D eigenvalue weighted by Gasteiger charge is 2.19. The fourth-order valence-corrected chi connectivity index (χ4v) is 3.77. The van der Waals surface area contributed by atoms with Crippen LogP contribution in [0.2, 0.25) is 0 Å². The van der Waals surface area contributed by atoms with Crippen molar-refractivity contribution in [3.8, 4) is 0 Å². The molecule has 0 radical (unpaired) electrons. The molecule has 4 unspecified atom stereocenters. The number of aliphatic hydroxyl groups excluding tert-OH is 2. The predicted octanol–water partition coefficient (Wildman–Crippen LogP) is 4.69. The molecule has 3 heteroatoms. The molecule has 2 N–H and O–H groups in total. The maximum Gasteiger partial charge on any atom is 0.0865 e. The molecule has 4 atom stereocenters. The smallest absolute Gasteiger partial charge is 0.0865 e. The molecule has 0 spiro atoms. The second-order valence-corrected chi connectivity index (χ2v) is 7.24. The first-order valence-corrected chi connectivity index (χ1v) is 9.62. The number of ether oxygens (including phenoxy) is 1. The van der Waals surface area contributed by atoms with E-state index in [1.807, 2.05) is 12.2 Å². The fraction of sp³-hybridized carbons (Fsp3) is 0.800. The van der Waals surface area contributed by atoms with Crippen molar-refractivity contribution in [3.63, 3.8) is 0 Å². The molecule has 2 aliphatic rings. The third-order valence-corrected chi connectivity index (χ3v) is 5.37. The normalized spacial score (nSPS) is 34.7. The van der Waals surface area contributed by atoms with Gasteiger partial charge in [-0.2, -0.15) is 0 Å². The van der Waals surface area contributed by atoms with Crippen LogP contribution in [0.3, 0.4) is 0 Å². The Hall–Kier alpha value is -0.800. The maximum atomic E-state index is 10.2. The Labute approximate surface area is 141 Å². The van der Waals surface area contributed by atoms with Crippen LogP contribution in [-0.4, -0.2) is 22.4 Å². The van der Waals surface area contributed by atoms with E-state index in [2.05, 4.69) is 0 Å². The van der Waals surface area contributed by atoms with Crippen LogP contribution in [-0.2, 0) is 4.74 Å². The van der Waals surface area contributed by atoms with Crippen LogP contribution in [0, 0.1) is 11.8 Å². The molecule has 0 amide bonds. The van der Waals surface area contributed by atoms with E-state index in [0.29, 0.717) is 0 Å². The van der Waals surface area contributed by atoms with Gasteiger partial charge in [0.15, 0.2) is 0 Å². The van der Waals surface area contributed by atoms with Crippen molar-refractivity contribution >= 4 is 0 Å². The first-order valence-electron chi connectivity index (χ1n) is 9.62. The zero-order valence-corrected chi connectivity index (χ0v) is 14.4. The predicted molar refractivity (Wildman–Crippen MR) is 93.8 cm³/mol. The number of hydrogen-bond acceptors (Lipinski definition) is 3. The standard InChI is InChI=1S/C20H34O3/c21-19-11-7-3-1-5-9-17(19)13-15-23-16-14-18-10-6-2-4-8-12-20(18)22/h13-22H,1-12H2. The van der Waals surface area contributed by atoms with Gasteiger partial charge in [-0.25, -0.2) is 0 Å². The van der Waals surface area contributed by atoms with Crippen molar-refractivity contribution in [1.29, 1.82) is 0 Å². The topological polar surface area (TPSA) is 49.7 Å². The van der Waals surface area contributed by atoms with Crippen LogP contribution in [0.1, 0.15) is 77.0 Å². The second-order valence-electron chi connectivity index (χ2n) is 7.24. The highest BCUT2D eigenvalue weighted by Crippen LogP contribution is 2.25. The van der Waals surface area contributed by atoms with Crippen LogP contribution >= 0.6 is 0 Å². The summed E-state index contributed by atoms with van der Waals surface area (Å²) in [6.45, 7) is 0. The van der Waals surface area contributed by atoms with E-state index >= 15 is 0 Å². The molecule has 132 valence electrons. The molecule has 2 saturated carbocycles. The molecule has 0 heterocycles. The van der Waals surface area contributed by atoms with Crippen LogP contribution in [0.25, 0.3) is 0 Å². The quantitative estimate of drug-likeness (QED) is 0.738. The number of aliphatic hydroxyl groups is 2. The fourth-order valence-electron chi connectivity index (χ4n) is 3.77. The third kappa shape index (κ3) is 7.09. The molecule has 0 aromatic rings. The zero-order valence-electron chi connectivity index (χ0n) is 14.4. The number of hydrogen-bond donors (Lipinski definition) is 2. The van der Waals surface area contributed by atoms with E-state index in [9.17, 15) is 10.2 Å². The first kappa shape index (κ1) is 18.5. The summed E-state index contributed by atoms with van der Waals surface area (Å²) >= 11 is 0. The van der Waals surface area contributed by atoms with Gasteiger partial charge in [-0.1, -0.05) is 51.4 Å². The molecule has 0 aromatic carbocycles. The van der Waals surface area contributed by atoms with Crippen molar-refractivity contribution < 1.29 is 14.9 Å². The maximum absolute atomic E-state index is 10.2. The van der Waals surface area contributed by atoms with E-state index in [1.54, 1.807) is 12.5 Å². The summed E-state index contributed by atoms with van der Waals surface area (Å²) in [5.41, 5.74) is 0. The summed E-state index contributed by atoms with van der Waals surface area (Å²) in [7, 11) is 0. The van der Waals surface area contributed by atoms with Gasteiger partial charge < -0.3 is 14.9 Å². The highest BCUT2D eigenvalue weighted by atomic mass is 16.5. The van der Waals surface area contributed by atoms with Crippen molar-refractivity contribution in [2.24, 2.45) is 11.8 Å². The molecule has 2 aliphatic carbocycles. The van der Waals surface area contributed by atoms with Crippen LogP contribution in [0.5, 0.6) is 0 Å². The molecule has 2 fully saturated rings. The van der Waals surface area contributed by atoms with Gasteiger partial charge in [0, 0.05) is 11.8 Å². The van der Waals surface area contributed by atoms with E-state index < -0.39 is 0 Å². The largest absolute Gasteiger partial charge is 0.473 e. The van der Waals surface area contributed by atoms with Crippen LogP contribution in [0.15, 0.2) is 24.7 Å². The Bertz CT molecular complexity index is 330. The minimum Gasteiger partial charge on any atom is -0.473 e. The van der Waals surface area contributed by atoms with Gasteiger partial charge in [0.2, 0.25) is 0 Å². The van der Waals surface area contributed by atoms with Gasteiger partial charge in [-0.15, -0.1) is 0 Å². The van der Waals surface area contributed by atoms with Crippen molar-refractivity contribution in [2.75, 3.05) is 0 Å². The van der Waals surface area contributed by atoms with Gasteiger partial charge in [0.1, 0.15) is 0 Å². The highest BCUT2D eigenvalue weighted by molar-refractivity contribution is 4.92. The first-order chi connectivity index (χ1) is 11.3. The van der Waals surface area contributed by atoms with Gasteiger partial charge in [-0.05, 0) is 37.8 Å². The van der Waals surface area contributed by atoms with Crippen molar-refractivity contribution in [3.05, 3.63) is 24.7 Å². The van der Waals surface area contributed by atoms with E-state index in [0.717, 1.165) is 38.5 Å². The van der Waals surface area contributed by atoms with Gasteiger partial charge in [0.05, 0.1) is 24.7 Å². The van der Waals surface area contributed by atoms with Gasteiger partial charge in [-0.3, -0.25) is 0 Å². The summed E-state index contributed by atoms with van der Waals surface area (Å²) < 4.78 is 5.50. The lowest BCUT2D eigenvalue weighted by Crippen LogP contribution is -2.20. The molecule has 3 nitrogen and oxygen atoms in total. The molecule has 0 aromatic heterocycles. The summed E-state index contributed by atoms with van der Waals surface area (Å²) in [5, 5.41) is 20.3. The lowest BCUT2D eigenvalue weighted by Gasteiger charge is -2.22. The molecule has 0 aliphatic heterocycles. The SMILES string of the molecule is OC1CCCCCCC1C=COC=CC1CCCCCCC1O. The lowest BCUT2D eigenvalue weighted by atomic mass is 9.89. The second kappa shape index (κ2) is 10.9. The molecule has 23 heavy (non-hydrogen) atoms. The average Bonchev–Trinajstić information content (AvgIpc) is 2.52.